The first kappa shape index (κ1) is 15.6. The molecule has 0 fully saturated rings. The number of benzene rings is 2. The largest absolute Gasteiger partial charge is 0.278 e. The van der Waals surface area contributed by atoms with E-state index >= 15 is 0 Å². The van der Waals surface area contributed by atoms with Crippen LogP contribution in [0.2, 0.25) is 0 Å². The molecule has 8 heteroatoms. The fourth-order valence-electron chi connectivity index (χ4n) is 1.53. The highest BCUT2D eigenvalue weighted by molar-refractivity contribution is 14.1. The van der Waals surface area contributed by atoms with E-state index in [1.54, 1.807) is 24.3 Å². The molecule has 0 heterocycles. The fraction of sp³-hybridized carbons (Fsp3) is 0. The number of halogens is 4. The highest BCUT2D eigenvalue weighted by atomic mass is 127. The van der Waals surface area contributed by atoms with E-state index in [0.717, 1.165) is 6.07 Å². The van der Waals surface area contributed by atoms with Gasteiger partial charge in [0.2, 0.25) is 0 Å². The van der Waals surface area contributed by atoms with Gasteiger partial charge in [0.15, 0.2) is 0 Å². The summed E-state index contributed by atoms with van der Waals surface area (Å²) < 4.78 is 53.9. The molecule has 0 aromatic heterocycles. The first-order valence-corrected chi connectivity index (χ1v) is 8.58. The average Bonchev–Trinajstić information content (AvgIpc) is 2.30. The second-order valence-corrected chi connectivity index (χ2v) is 7.42. The van der Waals surface area contributed by atoms with Gasteiger partial charge in [-0.25, -0.2) is 17.2 Å². The van der Waals surface area contributed by atoms with Gasteiger partial charge in [0.25, 0.3) is 10.0 Å². The quantitative estimate of drug-likeness (QED) is 0.681. The van der Waals surface area contributed by atoms with Gasteiger partial charge in [0, 0.05) is 14.1 Å². The molecule has 20 heavy (non-hydrogen) atoms. The Morgan fingerprint density at radius 1 is 1.15 bits per heavy atom. The molecule has 0 aliphatic heterocycles. The second kappa shape index (κ2) is 5.94. The monoisotopic (exact) mass is 473 g/mol. The second-order valence-electron chi connectivity index (χ2n) is 3.78. The van der Waals surface area contributed by atoms with E-state index in [0.29, 0.717) is 15.3 Å². The molecule has 0 bridgehead atoms. The summed E-state index contributed by atoms with van der Waals surface area (Å²) in [6.45, 7) is 0. The van der Waals surface area contributed by atoms with Crippen molar-refractivity contribution < 1.29 is 17.2 Å². The Kier molecular flexibility index (Phi) is 4.65. The van der Waals surface area contributed by atoms with Crippen LogP contribution in [-0.4, -0.2) is 8.42 Å². The predicted molar refractivity (Wildman–Crippen MR) is 84.0 cm³/mol. The van der Waals surface area contributed by atoms with Crippen molar-refractivity contribution in [3.8, 4) is 0 Å². The molecule has 3 nitrogen and oxygen atoms in total. The number of sulfonamides is 1. The molecule has 0 unspecified atom stereocenters. The van der Waals surface area contributed by atoms with E-state index in [9.17, 15) is 17.2 Å². The van der Waals surface area contributed by atoms with Crippen molar-refractivity contribution in [3.05, 3.63) is 56.1 Å². The van der Waals surface area contributed by atoms with Gasteiger partial charge in [0.05, 0.1) is 5.69 Å². The van der Waals surface area contributed by atoms with Crippen LogP contribution in [0.1, 0.15) is 0 Å². The Labute approximate surface area is 136 Å². The molecule has 0 aliphatic carbocycles. The number of anilines is 1. The van der Waals surface area contributed by atoms with Crippen LogP contribution in [0.4, 0.5) is 14.5 Å². The third kappa shape index (κ3) is 3.29. The summed E-state index contributed by atoms with van der Waals surface area (Å²) in [5.41, 5.74) is 0.323. The molecule has 0 saturated heterocycles. The zero-order chi connectivity index (χ0) is 14.9. The third-order valence-corrected chi connectivity index (χ3v) is 5.62. The molecular formula is C12H7BrF2INO2S. The molecule has 2 aromatic carbocycles. The summed E-state index contributed by atoms with van der Waals surface area (Å²) in [5, 5.41) is 0. The topological polar surface area (TPSA) is 46.2 Å². The zero-order valence-corrected chi connectivity index (χ0v) is 14.3. The van der Waals surface area contributed by atoms with Gasteiger partial charge < -0.3 is 0 Å². The minimum Gasteiger partial charge on any atom is -0.278 e. The summed E-state index contributed by atoms with van der Waals surface area (Å²) in [5.74, 6) is -2.02. The van der Waals surface area contributed by atoms with Gasteiger partial charge in [0.1, 0.15) is 16.5 Å². The van der Waals surface area contributed by atoms with E-state index in [4.69, 9.17) is 0 Å². The van der Waals surface area contributed by atoms with Crippen LogP contribution in [0.3, 0.4) is 0 Å². The SMILES string of the molecule is O=S(=O)(Nc1ccccc1I)c1c(F)cc(F)cc1Br. The summed E-state index contributed by atoms with van der Waals surface area (Å²) in [6, 6.07) is 8.07. The zero-order valence-electron chi connectivity index (χ0n) is 9.70. The van der Waals surface area contributed by atoms with Crippen LogP contribution in [-0.2, 0) is 10.0 Å². The Morgan fingerprint density at radius 2 is 1.80 bits per heavy atom. The molecule has 0 radical (unpaired) electrons. The molecular weight excluding hydrogens is 467 g/mol. The summed E-state index contributed by atoms with van der Waals surface area (Å²) in [4.78, 5) is -0.626. The highest BCUT2D eigenvalue weighted by Crippen LogP contribution is 2.29. The maximum Gasteiger partial charge on any atom is 0.265 e. The van der Waals surface area contributed by atoms with E-state index in [-0.39, 0.29) is 4.47 Å². The average molecular weight is 474 g/mol. The van der Waals surface area contributed by atoms with Crippen molar-refractivity contribution in [1.82, 2.24) is 0 Å². The first-order chi connectivity index (χ1) is 9.31. The van der Waals surface area contributed by atoms with Crippen molar-refractivity contribution >= 4 is 54.2 Å². The minimum atomic E-state index is -4.16. The normalized spacial score (nSPS) is 11.4. The molecule has 2 aromatic rings. The summed E-state index contributed by atoms with van der Waals surface area (Å²) in [7, 11) is -4.16. The lowest BCUT2D eigenvalue weighted by atomic mass is 10.3. The maximum absolute atomic E-state index is 13.7. The van der Waals surface area contributed by atoms with Gasteiger partial charge in [-0.3, -0.25) is 4.72 Å². The maximum atomic E-state index is 13.7. The lowest BCUT2D eigenvalue weighted by Crippen LogP contribution is -2.16. The van der Waals surface area contributed by atoms with Gasteiger partial charge in [-0.2, -0.15) is 0 Å². The van der Waals surface area contributed by atoms with Crippen molar-refractivity contribution in [2.24, 2.45) is 0 Å². The van der Waals surface area contributed by atoms with Crippen LogP contribution >= 0.6 is 38.5 Å². The third-order valence-electron chi connectivity index (χ3n) is 2.35. The Morgan fingerprint density at radius 3 is 2.40 bits per heavy atom. The molecule has 0 spiro atoms. The van der Waals surface area contributed by atoms with E-state index < -0.39 is 26.6 Å². The molecule has 2 rings (SSSR count). The van der Waals surface area contributed by atoms with E-state index in [1.807, 2.05) is 22.6 Å². The number of para-hydroxylation sites is 1. The summed E-state index contributed by atoms with van der Waals surface area (Å²) >= 11 is 4.81. The predicted octanol–water partition coefficient (Wildman–Crippen LogP) is 4.13. The van der Waals surface area contributed by atoms with Gasteiger partial charge >= 0.3 is 0 Å². The Bertz CT molecular complexity index is 745. The van der Waals surface area contributed by atoms with Gasteiger partial charge in [-0.15, -0.1) is 0 Å². The molecule has 106 valence electrons. The molecule has 0 saturated carbocycles. The number of nitrogens with one attached hydrogen (secondary N) is 1. The molecule has 1 N–H and O–H groups in total. The number of rotatable bonds is 3. The van der Waals surface area contributed by atoms with E-state index in [2.05, 4.69) is 20.7 Å². The smallest absolute Gasteiger partial charge is 0.265 e. The highest BCUT2D eigenvalue weighted by Gasteiger charge is 2.24. The van der Waals surface area contributed by atoms with Crippen LogP contribution in [0.15, 0.2) is 45.8 Å². The lowest BCUT2D eigenvalue weighted by Gasteiger charge is -2.11. The molecule has 0 amide bonds. The standard InChI is InChI=1S/C12H7BrF2INO2S/c13-8-5-7(14)6-9(15)12(8)20(18,19)17-11-4-2-1-3-10(11)16/h1-6,17H. The van der Waals surface area contributed by atoms with Crippen LogP contribution < -0.4 is 4.72 Å². The van der Waals surface area contributed by atoms with E-state index in [1.165, 1.54) is 0 Å². The Hall–Kier alpha value is -0.740. The van der Waals surface area contributed by atoms with Crippen LogP contribution in [0.5, 0.6) is 0 Å². The van der Waals surface area contributed by atoms with Crippen molar-refractivity contribution in [2.45, 2.75) is 4.90 Å². The lowest BCUT2D eigenvalue weighted by molar-refractivity contribution is 0.548. The molecule has 0 atom stereocenters. The Balaban J connectivity index is 2.50. The molecule has 0 aliphatic rings. The van der Waals surface area contributed by atoms with Gasteiger partial charge in [-0.1, -0.05) is 12.1 Å². The first-order valence-electron chi connectivity index (χ1n) is 5.23. The van der Waals surface area contributed by atoms with Crippen LogP contribution in [0.25, 0.3) is 0 Å². The van der Waals surface area contributed by atoms with Gasteiger partial charge in [-0.05, 0) is 56.7 Å². The van der Waals surface area contributed by atoms with Crippen molar-refractivity contribution in [2.75, 3.05) is 4.72 Å². The van der Waals surface area contributed by atoms with Crippen LogP contribution in [0, 0.1) is 15.2 Å². The minimum absolute atomic E-state index is 0.173. The van der Waals surface area contributed by atoms with Crippen molar-refractivity contribution in [3.63, 3.8) is 0 Å². The number of hydrogen-bond acceptors (Lipinski definition) is 2. The summed E-state index contributed by atoms with van der Waals surface area (Å²) in [6.07, 6.45) is 0. The van der Waals surface area contributed by atoms with Crippen molar-refractivity contribution in [1.29, 1.82) is 0 Å². The fourth-order valence-corrected chi connectivity index (χ4v) is 4.48. The number of hydrogen-bond donors (Lipinski definition) is 1.